The van der Waals surface area contributed by atoms with Gasteiger partial charge in [-0.2, -0.15) is 4.80 Å². The fraction of sp³-hybridized carbons (Fsp3) is 0.318. The van der Waals surface area contributed by atoms with E-state index < -0.39 is 0 Å². The standard InChI is InChI=1S/C22H25N5O2/c1-4-16-5-7-18(8-6-16)22-24-26-27(25-22)14-20(28)17-9-11-19(12-10-17)23-21(29)13-15(2)3/h5-12,15H,4,13-14H2,1-3H3,(H,23,29). The highest BCUT2D eigenvalue weighted by atomic mass is 16.1. The van der Waals surface area contributed by atoms with Crippen LogP contribution in [0.2, 0.25) is 0 Å². The van der Waals surface area contributed by atoms with Crippen molar-refractivity contribution in [1.29, 1.82) is 0 Å². The van der Waals surface area contributed by atoms with Crippen LogP contribution in [0.5, 0.6) is 0 Å². The molecular formula is C22H25N5O2. The maximum absolute atomic E-state index is 12.5. The number of hydrogen-bond acceptors (Lipinski definition) is 5. The van der Waals surface area contributed by atoms with E-state index in [2.05, 4.69) is 27.7 Å². The molecule has 0 saturated heterocycles. The Hall–Kier alpha value is -3.35. The van der Waals surface area contributed by atoms with Gasteiger partial charge in [-0.1, -0.05) is 45.0 Å². The van der Waals surface area contributed by atoms with Crippen molar-refractivity contribution in [2.45, 2.75) is 40.2 Å². The first-order valence-electron chi connectivity index (χ1n) is 9.75. The number of amides is 1. The SMILES string of the molecule is CCc1ccc(-c2nnn(CC(=O)c3ccc(NC(=O)CC(C)C)cc3)n2)cc1. The van der Waals surface area contributed by atoms with E-state index in [0.717, 1.165) is 12.0 Å². The number of nitrogens with zero attached hydrogens (tertiary/aromatic N) is 4. The lowest BCUT2D eigenvalue weighted by Gasteiger charge is -2.07. The largest absolute Gasteiger partial charge is 0.326 e. The number of hydrogen-bond donors (Lipinski definition) is 1. The van der Waals surface area contributed by atoms with Crippen LogP contribution >= 0.6 is 0 Å². The molecule has 3 aromatic rings. The third-order valence-corrected chi connectivity index (χ3v) is 4.44. The molecule has 0 bridgehead atoms. The number of aryl methyl sites for hydroxylation is 1. The Kier molecular flexibility index (Phi) is 6.49. The molecule has 0 atom stereocenters. The van der Waals surface area contributed by atoms with Crippen molar-refractivity contribution in [1.82, 2.24) is 20.2 Å². The maximum Gasteiger partial charge on any atom is 0.224 e. The number of carbonyl (C=O) groups excluding carboxylic acids is 2. The van der Waals surface area contributed by atoms with Crippen LogP contribution in [0.3, 0.4) is 0 Å². The van der Waals surface area contributed by atoms with Crippen molar-refractivity contribution < 1.29 is 9.59 Å². The van der Waals surface area contributed by atoms with Crippen molar-refractivity contribution in [3.8, 4) is 11.4 Å². The van der Waals surface area contributed by atoms with Gasteiger partial charge in [-0.15, -0.1) is 10.2 Å². The van der Waals surface area contributed by atoms with Crippen LogP contribution in [0.1, 0.15) is 43.1 Å². The van der Waals surface area contributed by atoms with E-state index in [-0.39, 0.29) is 18.2 Å². The first-order valence-corrected chi connectivity index (χ1v) is 9.75. The Balaban J connectivity index is 1.61. The molecule has 0 aliphatic carbocycles. The molecule has 150 valence electrons. The van der Waals surface area contributed by atoms with Gasteiger partial charge in [0.15, 0.2) is 5.78 Å². The van der Waals surface area contributed by atoms with E-state index in [1.54, 1.807) is 24.3 Å². The molecule has 0 spiro atoms. The van der Waals surface area contributed by atoms with Crippen molar-refractivity contribution in [3.63, 3.8) is 0 Å². The van der Waals surface area contributed by atoms with Gasteiger partial charge in [0.2, 0.25) is 11.7 Å². The van der Waals surface area contributed by atoms with E-state index >= 15 is 0 Å². The van der Waals surface area contributed by atoms with Crippen molar-refractivity contribution >= 4 is 17.4 Å². The molecular weight excluding hydrogens is 366 g/mol. The molecule has 29 heavy (non-hydrogen) atoms. The zero-order valence-corrected chi connectivity index (χ0v) is 16.9. The highest BCUT2D eigenvalue weighted by Crippen LogP contribution is 2.15. The molecule has 1 N–H and O–H groups in total. The van der Waals surface area contributed by atoms with Crippen LogP contribution < -0.4 is 5.32 Å². The summed E-state index contributed by atoms with van der Waals surface area (Å²) in [6, 6.07) is 14.8. The summed E-state index contributed by atoms with van der Waals surface area (Å²) in [5, 5.41) is 15.2. The van der Waals surface area contributed by atoms with Gasteiger partial charge in [0, 0.05) is 23.2 Å². The van der Waals surface area contributed by atoms with E-state index in [0.29, 0.717) is 29.4 Å². The van der Waals surface area contributed by atoms with Crippen LogP contribution in [0, 0.1) is 5.92 Å². The van der Waals surface area contributed by atoms with Crippen LogP contribution in [0.25, 0.3) is 11.4 Å². The van der Waals surface area contributed by atoms with Gasteiger partial charge in [-0.05, 0) is 47.4 Å². The predicted octanol–water partition coefficient (Wildman–Crippen LogP) is 3.77. The summed E-state index contributed by atoms with van der Waals surface area (Å²) in [7, 11) is 0. The number of ketones is 1. The van der Waals surface area contributed by atoms with Crippen molar-refractivity contribution in [3.05, 3.63) is 59.7 Å². The summed E-state index contributed by atoms with van der Waals surface area (Å²) < 4.78 is 0. The van der Waals surface area contributed by atoms with E-state index in [4.69, 9.17) is 0 Å². The van der Waals surface area contributed by atoms with Crippen LogP contribution in [0.15, 0.2) is 48.5 Å². The molecule has 0 fully saturated rings. The molecule has 0 aliphatic rings. The quantitative estimate of drug-likeness (QED) is 0.590. The number of Topliss-reactive ketones (excluding diaryl/α,β-unsaturated/α-hetero) is 1. The number of tetrazole rings is 1. The van der Waals surface area contributed by atoms with Gasteiger partial charge in [-0.25, -0.2) is 0 Å². The number of anilines is 1. The molecule has 2 aromatic carbocycles. The van der Waals surface area contributed by atoms with Crippen molar-refractivity contribution in [2.75, 3.05) is 5.32 Å². The van der Waals surface area contributed by atoms with Crippen LogP contribution in [-0.4, -0.2) is 31.9 Å². The number of rotatable bonds is 8. The number of benzene rings is 2. The molecule has 3 rings (SSSR count). The highest BCUT2D eigenvalue weighted by Gasteiger charge is 2.12. The summed E-state index contributed by atoms with van der Waals surface area (Å²) in [6.07, 6.45) is 1.43. The fourth-order valence-corrected chi connectivity index (χ4v) is 2.86. The van der Waals surface area contributed by atoms with Gasteiger partial charge >= 0.3 is 0 Å². The topological polar surface area (TPSA) is 89.8 Å². The molecule has 0 radical (unpaired) electrons. The van der Waals surface area contributed by atoms with Gasteiger partial charge in [-0.3, -0.25) is 9.59 Å². The minimum Gasteiger partial charge on any atom is -0.326 e. The second-order valence-corrected chi connectivity index (χ2v) is 7.34. The van der Waals surface area contributed by atoms with Gasteiger partial charge < -0.3 is 5.32 Å². The number of carbonyl (C=O) groups is 2. The Morgan fingerprint density at radius 1 is 1.03 bits per heavy atom. The zero-order chi connectivity index (χ0) is 20.8. The predicted molar refractivity (Wildman–Crippen MR) is 111 cm³/mol. The summed E-state index contributed by atoms with van der Waals surface area (Å²) in [6.45, 7) is 6.08. The van der Waals surface area contributed by atoms with E-state index in [1.165, 1.54) is 10.4 Å². The summed E-state index contributed by atoms with van der Waals surface area (Å²) in [4.78, 5) is 25.6. The average molecular weight is 391 g/mol. The third kappa shape index (κ3) is 5.57. The van der Waals surface area contributed by atoms with E-state index in [1.807, 2.05) is 38.1 Å². The summed E-state index contributed by atoms with van der Waals surface area (Å²) in [5.74, 6) is 0.616. The lowest BCUT2D eigenvalue weighted by atomic mass is 10.1. The number of nitrogens with one attached hydrogen (secondary N) is 1. The molecule has 1 heterocycles. The third-order valence-electron chi connectivity index (χ3n) is 4.44. The number of aromatic nitrogens is 4. The maximum atomic E-state index is 12.5. The molecule has 7 heteroatoms. The van der Waals surface area contributed by atoms with Crippen LogP contribution in [0.4, 0.5) is 5.69 Å². The Labute approximate surface area is 170 Å². The molecule has 0 unspecified atom stereocenters. The first kappa shape index (κ1) is 20.4. The Bertz CT molecular complexity index is 975. The van der Waals surface area contributed by atoms with Gasteiger partial charge in [0.05, 0.1) is 0 Å². The Morgan fingerprint density at radius 3 is 2.34 bits per heavy atom. The Morgan fingerprint density at radius 2 is 1.72 bits per heavy atom. The summed E-state index contributed by atoms with van der Waals surface area (Å²) in [5.41, 5.74) is 3.30. The minimum atomic E-state index is -0.129. The van der Waals surface area contributed by atoms with Crippen LogP contribution in [-0.2, 0) is 17.8 Å². The first-order chi connectivity index (χ1) is 13.9. The minimum absolute atomic E-state index is 0.000894. The molecule has 0 aliphatic heterocycles. The smallest absolute Gasteiger partial charge is 0.224 e. The highest BCUT2D eigenvalue weighted by molar-refractivity contribution is 5.97. The molecule has 1 aromatic heterocycles. The fourth-order valence-electron chi connectivity index (χ4n) is 2.86. The van der Waals surface area contributed by atoms with Gasteiger partial charge in [0.1, 0.15) is 6.54 Å². The second-order valence-electron chi connectivity index (χ2n) is 7.34. The average Bonchev–Trinajstić information content (AvgIpc) is 3.16. The zero-order valence-electron chi connectivity index (χ0n) is 16.9. The normalized spacial score (nSPS) is 10.9. The molecule has 7 nitrogen and oxygen atoms in total. The summed E-state index contributed by atoms with van der Waals surface area (Å²) >= 11 is 0. The van der Waals surface area contributed by atoms with E-state index in [9.17, 15) is 9.59 Å². The monoisotopic (exact) mass is 391 g/mol. The lowest BCUT2D eigenvalue weighted by Crippen LogP contribution is -2.15. The van der Waals surface area contributed by atoms with Gasteiger partial charge in [0.25, 0.3) is 0 Å². The molecule has 1 amide bonds. The van der Waals surface area contributed by atoms with Crippen molar-refractivity contribution in [2.24, 2.45) is 5.92 Å². The molecule has 0 saturated carbocycles. The second kappa shape index (κ2) is 9.23. The lowest BCUT2D eigenvalue weighted by molar-refractivity contribution is -0.116.